The van der Waals surface area contributed by atoms with Crippen LogP contribution >= 0.6 is 24.0 Å². The summed E-state index contributed by atoms with van der Waals surface area (Å²) in [6, 6.07) is 7.92. The number of hydrogen-bond donors (Lipinski definition) is 2. The second-order valence-electron chi connectivity index (χ2n) is 3.09. The van der Waals surface area contributed by atoms with Gasteiger partial charge in [-0.2, -0.15) is 0 Å². The fourth-order valence-electron chi connectivity index (χ4n) is 1.17. The highest BCUT2D eigenvalue weighted by Crippen LogP contribution is 2.35. The quantitative estimate of drug-likeness (QED) is 0.626. The molecule has 0 saturated heterocycles. The second kappa shape index (κ2) is 5.38. The summed E-state index contributed by atoms with van der Waals surface area (Å²) in [5.74, 6) is -1.44. The normalized spacial score (nSPS) is 16.1. The lowest BCUT2D eigenvalue weighted by atomic mass is 10.0. The molecule has 1 rings (SSSR count). The largest absolute Gasteiger partial charge is 0.479 e. The Morgan fingerprint density at radius 3 is 2.56 bits per heavy atom. The summed E-state index contributed by atoms with van der Waals surface area (Å²) in [7, 11) is 0. The monoisotopic (exact) mass is 259 g/mol. The van der Waals surface area contributed by atoms with Crippen molar-refractivity contribution < 1.29 is 14.3 Å². The molecule has 16 heavy (non-hydrogen) atoms. The minimum absolute atomic E-state index is 0.219. The lowest BCUT2D eigenvalue weighted by Crippen LogP contribution is -2.48. The van der Waals surface area contributed by atoms with Gasteiger partial charge in [-0.3, -0.25) is 0 Å². The van der Waals surface area contributed by atoms with Gasteiger partial charge in [0.15, 0.2) is 6.17 Å². The summed E-state index contributed by atoms with van der Waals surface area (Å²) < 4.78 is 15.1. The topological polar surface area (TPSA) is 63.3 Å². The van der Waals surface area contributed by atoms with Crippen molar-refractivity contribution in [3.05, 3.63) is 35.9 Å². The average Bonchev–Trinajstić information content (AvgIpc) is 2.29. The van der Waals surface area contributed by atoms with Crippen LogP contribution in [0.2, 0.25) is 0 Å². The Labute approximate surface area is 102 Å². The van der Waals surface area contributed by atoms with Gasteiger partial charge in [0.1, 0.15) is 0 Å². The summed E-state index contributed by atoms with van der Waals surface area (Å²) in [6.45, 7) is 0. The van der Waals surface area contributed by atoms with Crippen molar-refractivity contribution >= 4 is 34.6 Å². The van der Waals surface area contributed by atoms with E-state index in [1.54, 1.807) is 18.2 Å². The minimum atomic E-state index is -2.08. The van der Waals surface area contributed by atoms with Gasteiger partial charge in [-0.15, -0.1) is 0 Å². The van der Waals surface area contributed by atoms with Crippen LogP contribution in [0.4, 0.5) is 4.39 Å². The van der Waals surface area contributed by atoms with Gasteiger partial charge in [-0.25, -0.2) is 9.18 Å². The van der Waals surface area contributed by atoms with Crippen LogP contribution in [-0.4, -0.2) is 20.6 Å². The van der Waals surface area contributed by atoms with Gasteiger partial charge in [0, 0.05) is 4.70 Å². The molecule has 1 aromatic rings. The smallest absolute Gasteiger partial charge is 0.338 e. The molecule has 0 aliphatic heterocycles. The molecular formula is C10H10FNO2S2. The third-order valence-corrected chi connectivity index (χ3v) is 3.20. The Morgan fingerprint density at radius 2 is 2.12 bits per heavy atom. The molecule has 3 N–H and O–H groups in total. The van der Waals surface area contributed by atoms with E-state index in [0.717, 1.165) is 4.70 Å². The molecule has 3 nitrogen and oxygen atoms in total. The van der Waals surface area contributed by atoms with E-state index in [4.69, 9.17) is 10.8 Å². The van der Waals surface area contributed by atoms with E-state index in [1.165, 1.54) is 12.1 Å². The number of carbonyl (C=O) groups is 1. The molecule has 0 saturated carbocycles. The molecule has 0 amide bonds. The molecule has 0 fully saturated rings. The van der Waals surface area contributed by atoms with Crippen LogP contribution in [0.15, 0.2) is 30.3 Å². The van der Waals surface area contributed by atoms with Gasteiger partial charge >= 0.3 is 5.97 Å². The molecule has 0 heterocycles. The van der Waals surface area contributed by atoms with E-state index in [-0.39, 0.29) is 5.56 Å². The van der Waals surface area contributed by atoms with Crippen molar-refractivity contribution in [2.24, 2.45) is 5.73 Å². The SMILES string of the molecule is NC(SC=S)(C(=O)O)C(F)c1ccccc1. The van der Waals surface area contributed by atoms with Crippen molar-refractivity contribution in [3.8, 4) is 0 Å². The molecule has 6 heteroatoms. The number of carboxylic acids is 1. The number of thioether (sulfide) groups is 1. The maximum absolute atomic E-state index is 14.0. The Bertz CT molecular complexity index is 388. The number of alkyl halides is 1. The zero-order valence-corrected chi connectivity index (χ0v) is 9.80. The number of rotatable bonds is 5. The molecule has 0 radical (unpaired) electrons. The molecule has 0 aliphatic rings. The average molecular weight is 259 g/mol. The number of halogens is 1. The van der Waals surface area contributed by atoms with Crippen molar-refractivity contribution in [1.29, 1.82) is 0 Å². The van der Waals surface area contributed by atoms with E-state index in [2.05, 4.69) is 12.2 Å². The Morgan fingerprint density at radius 1 is 1.56 bits per heavy atom. The first-order chi connectivity index (χ1) is 7.52. The number of carboxylic acid groups (broad SMARTS) is 1. The molecule has 0 aliphatic carbocycles. The summed E-state index contributed by atoms with van der Waals surface area (Å²) >= 11 is 5.10. The van der Waals surface area contributed by atoms with Crippen molar-refractivity contribution in [2.75, 3.05) is 0 Å². The van der Waals surface area contributed by atoms with Crippen LogP contribution in [0, 0.1) is 0 Å². The summed E-state index contributed by atoms with van der Waals surface area (Å²) in [6.07, 6.45) is -1.82. The molecule has 2 atom stereocenters. The number of hydrogen-bond acceptors (Lipinski definition) is 4. The fraction of sp³-hybridized carbons (Fsp3) is 0.200. The summed E-state index contributed by atoms with van der Waals surface area (Å²) in [5, 5.41) is 8.94. The molecule has 0 spiro atoms. The summed E-state index contributed by atoms with van der Waals surface area (Å²) in [4.78, 5) is 8.89. The van der Waals surface area contributed by atoms with Gasteiger partial charge in [-0.1, -0.05) is 54.3 Å². The highest BCUT2D eigenvalue weighted by atomic mass is 32.2. The molecule has 0 bridgehead atoms. The number of nitrogens with two attached hydrogens (primary N) is 1. The van der Waals surface area contributed by atoms with Crippen LogP contribution in [0.3, 0.4) is 0 Å². The molecule has 1 aromatic carbocycles. The van der Waals surface area contributed by atoms with Crippen molar-refractivity contribution in [1.82, 2.24) is 0 Å². The number of aliphatic carboxylic acids is 1. The predicted octanol–water partition coefficient (Wildman–Crippen LogP) is 2.13. The van der Waals surface area contributed by atoms with E-state index < -0.39 is 17.0 Å². The van der Waals surface area contributed by atoms with Gasteiger partial charge < -0.3 is 10.8 Å². The summed E-state index contributed by atoms with van der Waals surface area (Å²) in [5.41, 5.74) is 5.74. The van der Waals surface area contributed by atoms with Crippen LogP contribution in [0.5, 0.6) is 0 Å². The molecule has 0 aromatic heterocycles. The fourth-order valence-corrected chi connectivity index (χ4v) is 2.16. The first-order valence-electron chi connectivity index (χ1n) is 4.35. The molecule has 86 valence electrons. The Kier molecular flexibility index (Phi) is 4.40. The van der Waals surface area contributed by atoms with E-state index >= 15 is 0 Å². The van der Waals surface area contributed by atoms with Crippen LogP contribution in [0.25, 0.3) is 0 Å². The highest BCUT2D eigenvalue weighted by molar-refractivity contribution is 8.22. The number of thiocarbonyl (C=S) groups is 1. The third kappa shape index (κ3) is 2.58. The maximum Gasteiger partial charge on any atom is 0.338 e. The lowest BCUT2D eigenvalue weighted by Gasteiger charge is -2.26. The van der Waals surface area contributed by atoms with Crippen LogP contribution in [-0.2, 0) is 4.79 Å². The first-order valence-corrected chi connectivity index (χ1v) is 5.70. The van der Waals surface area contributed by atoms with E-state index in [1.807, 2.05) is 0 Å². The van der Waals surface area contributed by atoms with E-state index in [9.17, 15) is 9.18 Å². The van der Waals surface area contributed by atoms with Gasteiger partial charge in [0.25, 0.3) is 0 Å². The van der Waals surface area contributed by atoms with Gasteiger partial charge in [0.05, 0.1) is 0 Å². The third-order valence-electron chi connectivity index (χ3n) is 2.05. The van der Waals surface area contributed by atoms with Crippen LogP contribution in [0.1, 0.15) is 11.7 Å². The number of benzene rings is 1. The second-order valence-corrected chi connectivity index (χ2v) is 4.77. The van der Waals surface area contributed by atoms with Gasteiger partial charge in [0.2, 0.25) is 4.87 Å². The molecular weight excluding hydrogens is 249 g/mol. The van der Waals surface area contributed by atoms with Crippen molar-refractivity contribution in [3.63, 3.8) is 0 Å². The lowest BCUT2D eigenvalue weighted by molar-refractivity contribution is -0.141. The maximum atomic E-state index is 14.0. The zero-order valence-electron chi connectivity index (χ0n) is 8.17. The minimum Gasteiger partial charge on any atom is -0.479 e. The molecule has 2 unspecified atom stereocenters. The zero-order chi connectivity index (χ0) is 12.2. The standard InChI is InChI=1S/C10H10FNO2S2/c11-8(7-4-2-1-3-5-7)10(12,9(13)14)16-6-15/h1-6,8H,12H2,(H,13,14). The Balaban J connectivity index is 3.05. The highest BCUT2D eigenvalue weighted by Gasteiger charge is 2.44. The van der Waals surface area contributed by atoms with E-state index in [0.29, 0.717) is 11.8 Å². The predicted molar refractivity (Wildman–Crippen MR) is 66.1 cm³/mol. The van der Waals surface area contributed by atoms with Gasteiger partial charge in [-0.05, 0) is 5.56 Å². The first kappa shape index (κ1) is 13.1. The van der Waals surface area contributed by atoms with Crippen molar-refractivity contribution in [2.45, 2.75) is 11.0 Å². The Hall–Kier alpha value is -0.980. The van der Waals surface area contributed by atoms with Crippen LogP contribution < -0.4 is 5.73 Å².